The first-order valence-corrected chi connectivity index (χ1v) is 8.93. The number of nitrogens with zero attached hydrogens (tertiary/aromatic N) is 3. The van der Waals surface area contributed by atoms with E-state index in [1.165, 1.54) is 17.7 Å². The fraction of sp³-hybridized carbons (Fsp3) is 0.250. The summed E-state index contributed by atoms with van der Waals surface area (Å²) in [6.07, 6.45) is 9.47. The number of aryl methyl sites for hydroxylation is 1. The number of hydrogen-bond donors (Lipinski definition) is 0. The van der Waals surface area contributed by atoms with E-state index in [1.807, 2.05) is 29.3 Å². The first kappa shape index (κ1) is 18.1. The number of aromatic nitrogens is 1. The molecule has 1 atom stereocenters. The number of hydrogen-bond acceptors (Lipinski definition) is 4. The minimum atomic E-state index is -0.398. The molecule has 0 radical (unpaired) electrons. The number of pyridine rings is 1. The van der Waals surface area contributed by atoms with Gasteiger partial charge in [-0.25, -0.2) is 4.98 Å². The van der Waals surface area contributed by atoms with Crippen molar-refractivity contribution in [1.29, 1.82) is 0 Å². The van der Waals surface area contributed by atoms with Gasteiger partial charge in [-0.2, -0.15) is 0 Å². The first-order chi connectivity index (χ1) is 12.5. The number of nitro groups is 1. The molecule has 0 spiro atoms. The summed E-state index contributed by atoms with van der Waals surface area (Å²) in [5.74, 6) is 0.773. The lowest BCUT2D eigenvalue weighted by molar-refractivity contribution is -0.384. The molecule has 0 saturated carbocycles. The Bertz CT molecular complexity index is 877. The molecule has 1 aliphatic heterocycles. The van der Waals surface area contributed by atoms with Gasteiger partial charge in [0.15, 0.2) is 0 Å². The maximum atomic E-state index is 10.9. The van der Waals surface area contributed by atoms with Crippen LogP contribution in [-0.2, 0) is 11.8 Å². The molecule has 0 aliphatic carbocycles. The molecule has 134 valence electrons. The molecule has 1 aliphatic rings. The van der Waals surface area contributed by atoms with Crippen molar-refractivity contribution in [2.75, 3.05) is 4.90 Å². The van der Waals surface area contributed by atoms with E-state index in [4.69, 9.17) is 11.6 Å². The van der Waals surface area contributed by atoms with E-state index in [2.05, 4.69) is 24.9 Å². The number of allylic oxidation sites excluding steroid dienone is 2. The van der Waals surface area contributed by atoms with E-state index in [0.29, 0.717) is 5.16 Å². The second-order valence-corrected chi connectivity index (χ2v) is 6.61. The third-order valence-corrected chi connectivity index (χ3v) is 5.08. The van der Waals surface area contributed by atoms with E-state index in [-0.39, 0.29) is 5.69 Å². The maximum absolute atomic E-state index is 10.9. The molecule has 1 aromatic carbocycles. The lowest BCUT2D eigenvalue weighted by Crippen LogP contribution is -2.28. The van der Waals surface area contributed by atoms with Gasteiger partial charge < -0.3 is 0 Å². The summed E-state index contributed by atoms with van der Waals surface area (Å²) >= 11 is 6.59. The number of benzene rings is 1. The molecule has 0 bridgehead atoms. The number of rotatable bonds is 5. The van der Waals surface area contributed by atoms with E-state index in [0.717, 1.165) is 24.2 Å². The van der Waals surface area contributed by atoms with Crippen molar-refractivity contribution in [3.05, 3.63) is 87.3 Å². The quantitative estimate of drug-likeness (QED) is 0.407. The van der Waals surface area contributed by atoms with Crippen LogP contribution in [0.4, 0.5) is 11.5 Å². The van der Waals surface area contributed by atoms with Crippen molar-refractivity contribution in [2.45, 2.75) is 32.1 Å². The molecule has 0 fully saturated rings. The average molecular weight is 370 g/mol. The zero-order valence-electron chi connectivity index (χ0n) is 14.7. The van der Waals surface area contributed by atoms with Gasteiger partial charge >= 0.3 is 0 Å². The van der Waals surface area contributed by atoms with E-state index >= 15 is 0 Å². The number of halogens is 1. The Morgan fingerprint density at radius 2 is 1.96 bits per heavy atom. The highest BCUT2D eigenvalue weighted by Crippen LogP contribution is 2.39. The maximum Gasteiger partial charge on any atom is 0.269 e. The summed E-state index contributed by atoms with van der Waals surface area (Å²) < 4.78 is 0. The van der Waals surface area contributed by atoms with Crippen LogP contribution >= 0.6 is 11.6 Å². The average Bonchev–Trinajstić information content (AvgIpc) is 2.68. The van der Waals surface area contributed by atoms with Crippen LogP contribution in [0.15, 0.2) is 66.1 Å². The Morgan fingerprint density at radius 3 is 2.54 bits per heavy atom. The first-order valence-electron chi connectivity index (χ1n) is 8.56. The van der Waals surface area contributed by atoms with Crippen molar-refractivity contribution in [2.24, 2.45) is 0 Å². The second kappa shape index (κ2) is 7.30. The summed E-state index contributed by atoms with van der Waals surface area (Å²) in [5, 5.41) is 11.5. The number of anilines is 1. The minimum absolute atomic E-state index is 0.0806. The Labute approximate surface area is 157 Å². The topological polar surface area (TPSA) is 59.3 Å². The fourth-order valence-corrected chi connectivity index (χ4v) is 3.44. The predicted octanol–water partition coefficient (Wildman–Crippen LogP) is 5.31. The Balaban J connectivity index is 1.95. The van der Waals surface area contributed by atoms with Gasteiger partial charge in [-0.1, -0.05) is 43.7 Å². The van der Waals surface area contributed by atoms with Crippen molar-refractivity contribution in [1.82, 2.24) is 4.98 Å². The summed E-state index contributed by atoms with van der Waals surface area (Å²) in [7, 11) is 0. The van der Waals surface area contributed by atoms with Crippen LogP contribution in [0.1, 0.15) is 31.4 Å². The highest BCUT2D eigenvalue weighted by molar-refractivity contribution is 6.31. The normalized spacial score (nSPS) is 19.3. The lowest BCUT2D eigenvalue weighted by atomic mass is 9.77. The van der Waals surface area contributed by atoms with Gasteiger partial charge in [-0.15, -0.1) is 0 Å². The molecular formula is C20H20ClN3O2. The second-order valence-electron chi connectivity index (χ2n) is 6.23. The molecule has 1 unspecified atom stereocenters. The molecule has 2 aromatic rings. The van der Waals surface area contributed by atoms with Gasteiger partial charge in [-0.05, 0) is 42.2 Å². The fourth-order valence-electron chi connectivity index (χ4n) is 3.10. The van der Waals surface area contributed by atoms with Crippen LogP contribution in [0, 0.1) is 10.1 Å². The van der Waals surface area contributed by atoms with Crippen LogP contribution in [0.2, 0.25) is 0 Å². The van der Waals surface area contributed by atoms with Crippen LogP contribution in [-0.4, -0.2) is 9.91 Å². The smallest absolute Gasteiger partial charge is 0.269 e. The Kier molecular flexibility index (Phi) is 5.09. The van der Waals surface area contributed by atoms with Gasteiger partial charge in [-0.3, -0.25) is 15.0 Å². The van der Waals surface area contributed by atoms with Crippen LogP contribution in [0.25, 0.3) is 0 Å². The summed E-state index contributed by atoms with van der Waals surface area (Å²) in [4.78, 5) is 16.8. The van der Waals surface area contributed by atoms with Gasteiger partial charge in [0.1, 0.15) is 11.0 Å². The highest BCUT2D eigenvalue weighted by atomic mass is 35.5. The zero-order valence-corrected chi connectivity index (χ0v) is 15.5. The summed E-state index contributed by atoms with van der Waals surface area (Å²) in [6, 6.07) is 10.6. The minimum Gasteiger partial charge on any atom is -0.292 e. The molecule has 5 nitrogen and oxygen atoms in total. The molecular weight excluding hydrogens is 350 g/mol. The molecule has 3 rings (SSSR count). The predicted molar refractivity (Wildman–Crippen MR) is 104 cm³/mol. The van der Waals surface area contributed by atoms with Crippen molar-refractivity contribution >= 4 is 23.1 Å². The molecule has 0 saturated heterocycles. The van der Waals surface area contributed by atoms with Gasteiger partial charge in [0.25, 0.3) is 5.69 Å². The standard InChI is InChI=1S/C20H20ClN3O2/c1-3-15-9-11-22-19(13-15)23-12-10-20(4-2,14-18(23)21)16-5-7-17(8-6-16)24(25)26/h5-14H,3-4H2,1-2H3. The van der Waals surface area contributed by atoms with Crippen LogP contribution < -0.4 is 4.90 Å². The largest absolute Gasteiger partial charge is 0.292 e. The lowest BCUT2D eigenvalue weighted by Gasteiger charge is -2.33. The van der Waals surface area contributed by atoms with Crippen molar-refractivity contribution in [3.63, 3.8) is 0 Å². The van der Waals surface area contributed by atoms with Crippen LogP contribution in [0.5, 0.6) is 0 Å². The molecule has 0 amide bonds. The molecule has 1 aromatic heterocycles. The summed E-state index contributed by atoms with van der Waals surface area (Å²) in [5.41, 5.74) is 1.84. The van der Waals surface area contributed by atoms with Crippen molar-refractivity contribution in [3.8, 4) is 0 Å². The van der Waals surface area contributed by atoms with E-state index < -0.39 is 10.3 Å². The Hall–Kier alpha value is -2.66. The van der Waals surface area contributed by atoms with E-state index in [9.17, 15) is 10.1 Å². The SMILES string of the molecule is CCc1ccnc(N2C=CC(CC)(c3ccc([N+](=O)[O-])cc3)C=C2Cl)c1. The highest BCUT2D eigenvalue weighted by Gasteiger charge is 2.31. The molecule has 26 heavy (non-hydrogen) atoms. The van der Waals surface area contributed by atoms with Gasteiger partial charge in [0, 0.05) is 29.9 Å². The monoisotopic (exact) mass is 369 g/mol. The van der Waals surface area contributed by atoms with Gasteiger partial charge in [0.2, 0.25) is 0 Å². The van der Waals surface area contributed by atoms with Crippen molar-refractivity contribution < 1.29 is 4.92 Å². The third-order valence-electron chi connectivity index (χ3n) is 4.79. The summed E-state index contributed by atoms with van der Waals surface area (Å²) in [6.45, 7) is 4.16. The molecule has 6 heteroatoms. The van der Waals surface area contributed by atoms with Gasteiger partial charge in [0.05, 0.1) is 4.92 Å². The number of non-ortho nitro benzene ring substituents is 1. The molecule has 2 heterocycles. The molecule has 0 N–H and O–H groups in total. The third kappa shape index (κ3) is 3.35. The van der Waals surface area contributed by atoms with E-state index in [1.54, 1.807) is 18.3 Å². The van der Waals surface area contributed by atoms with Crippen LogP contribution in [0.3, 0.4) is 0 Å². The number of nitro benzene ring substituents is 1. The Morgan fingerprint density at radius 1 is 1.23 bits per heavy atom. The zero-order chi connectivity index (χ0) is 18.7.